The van der Waals surface area contributed by atoms with E-state index in [9.17, 15) is 22.0 Å². The van der Waals surface area contributed by atoms with Crippen molar-refractivity contribution in [2.45, 2.75) is 6.18 Å². The largest absolute Gasteiger partial charge is 0.486 e. The first kappa shape index (κ1) is 19.7. The Bertz CT molecular complexity index is 1090. The summed E-state index contributed by atoms with van der Waals surface area (Å²) >= 11 is 0. The highest BCUT2D eigenvalue weighted by Crippen LogP contribution is 2.34. The second kappa shape index (κ2) is 7.65. The van der Waals surface area contributed by atoms with E-state index in [1.54, 1.807) is 18.2 Å². The van der Waals surface area contributed by atoms with Crippen LogP contribution in [0.15, 0.2) is 42.6 Å². The van der Waals surface area contributed by atoms with E-state index < -0.39 is 23.4 Å². The monoisotopic (exact) mass is 424 g/mol. The van der Waals surface area contributed by atoms with Gasteiger partial charge in [0.25, 0.3) is 0 Å². The molecule has 0 amide bonds. The van der Waals surface area contributed by atoms with Gasteiger partial charge in [0.1, 0.15) is 19.0 Å². The summed E-state index contributed by atoms with van der Waals surface area (Å²) in [5.74, 6) is -1.34. The lowest BCUT2D eigenvalue weighted by Crippen LogP contribution is -2.15. The van der Waals surface area contributed by atoms with E-state index >= 15 is 0 Å². The Labute approximate surface area is 166 Å². The van der Waals surface area contributed by atoms with Crippen LogP contribution in [0.2, 0.25) is 0 Å². The number of fused-ring (bicyclic) bond motifs is 1. The maximum absolute atomic E-state index is 14.1. The van der Waals surface area contributed by atoms with Gasteiger partial charge in [-0.05, 0) is 30.3 Å². The zero-order valence-corrected chi connectivity index (χ0v) is 15.1. The van der Waals surface area contributed by atoms with Crippen LogP contribution in [0.25, 0.3) is 0 Å². The molecule has 0 bridgehead atoms. The van der Waals surface area contributed by atoms with E-state index in [2.05, 4.69) is 20.6 Å². The Kier molecular flexibility index (Phi) is 5.02. The van der Waals surface area contributed by atoms with Crippen molar-refractivity contribution in [3.63, 3.8) is 0 Å². The fourth-order valence-corrected chi connectivity index (χ4v) is 2.73. The molecule has 156 valence electrons. The van der Waals surface area contributed by atoms with Crippen LogP contribution < -0.4 is 20.1 Å². The highest BCUT2D eigenvalue weighted by atomic mass is 19.4. The minimum absolute atomic E-state index is 0.227. The van der Waals surface area contributed by atoms with Crippen molar-refractivity contribution >= 4 is 23.1 Å². The minimum atomic E-state index is -4.73. The highest BCUT2D eigenvalue weighted by molar-refractivity contribution is 5.63. The first-order valence-corrected chi connectivity index (χ1v) is 8.62. The standard InChI is InChI=1S/C19H13F5N4O2/c20-11-5-10(19(22,23)24)6-13(7-11)27-18-25-9-14(21)17(28-18)26-12-1-2-15-16(8-12)30-4-3-29-15/h1-2,5-9H,3-4H2,(H2,25,26,27,28). The molecule has 0 saturated heterocycles. The van der Waals surface area contributed by atoms with Crippen LogP contribution in [0.5, 0.6) is 11.5 Å². The van der Waals surface area contributed by atoms with Gasteiger partial charge in [-0.1, -0.05) is 0 Å². The quantitative estimate of drug-likeness (QED) is 0.573. The molecule has 1 aromatic heterocycles. The van der Waals surface area contributed by atoms with Gasteiger partial charge in [-0.2, -0.15) is 18.2 Å². The molecule has 0 spiro atoms. The number of anilines is 4. The van der Waals surface area contributed by atoms with Crippen molar-refractivity contribution < 1.29 is 31.4 Å². The molecule has 0 aliphatic carbocycles. The smallest absolute Gasteiger partial charge is 0.416 e. The lowest BCUT2D eigenvalue weighted by Gasteiger charge is -2.19. The Morgan fingerprint density at radius 1 is 0.867 bits per heavy atom. The summed E-state index contributed by atoms with van der Waals surface area (Å²) in [7, 11) is 0. The molecule has 0 radical (unpaired) electrons. The predicted octanol–water partition coefficient (Wildman–Crippen LogP) is 5.03. The molecule has 2 heterocycles. The number of alkyl halides is 3. The lowest BCUT2D eigenvalue weighted by atomic mass is 10.2. The summed E-state index contributed by atoms with van der Waals surface area (Å²) in [6.45, 7) is 0.797. The van der Waals surface area contributed by atoms with E-state index in [1.807, 2.05) is 0 Å². The fourth-order valence-electron chi connectivity index (χ4n) is 2.73. The van der Waals surface area contributed by atoms with Crippen LogP contribution in [0.3, 0.4) is 0 Å². The predicted molar refractivity (Wildman–Crippen MR) is 97.4 cm³/mol. The zero-order chi connectivity index (χ0) is 21.3. The molecule has 0 fully saturated rings. The normalized spacial score (nSPS) is 13.1. The molecule has 0 saturated carbocycles. The molecule has 6 nitrogen and oxygen atoms in total. The molecule has 4 rings (SSSR count). The molecule has 2 N–H and O–H groups in total. The number of ether oxygens (including phenoxy) is 2. The van der Waals surface area contributed by atoms with Crippen molar-refractivity contribution in [2.24, 2.45) is 0 Å². The molecule has 0 unspecified atom stereocenters. The van der Waals surface area contributed by atoms with E-state index in [0.717, 1.165) is 12.3 Å². The summed E-state index contributed by atoms with van der Waals surface area (Å²) in [5, 5.41) is 5.19. The zero-order valence-electron chi connectivity index (χ0n) is 15.1. The molecule has 3 aromatic rings. The van der Waals surface area contributed by atoms with Crippen molar-refractivity contribution in [1.29, 1.82) is 0 Å². The number of halogens is 5. The summed E-state index contributed by atoms with van der Waals surface area (Å²) in [5.41, 5.74) is -0.978. The number of hydrogen-bond acceptors (Lipinski definition) is 6. The first-order chi connectivity index (χ1) is 14.3. The van der Waals surface area contributed by atoms with Gasteiger partial charge in [0.2, 0.25) is 5.95 Å². The number of nitrogens with one attached hydrogen (secondary N) is 2. The van der Waals surface area contributed by atoms with Gasteiger partial charge in [0.15, 0.2) is 23.1 Å². The topological polar surface area (TPSA) is 68.3 Å². The second-order valence-corrected chi connectivity index (χ2v) is 6.22. The third kappa shape index (κ3) is 4.34. The van der Waals surface area contributed by atoms with Gasteiger partial charge in [-0.25, -0.2) is 13.8 Å². The van der Waals surface area contributed by atoms with Crippen LogP contribution in [-0.4, -0.2) is 23.2 Å². The molecular weight excluding hydrogens is 411 g/mol. The lowest BCUT2D eigenvalue weighted by molar-refractivity contribution is -0.137. The van der Waals surface area contributed by atoms with Gasteiger partial charge in [-0.15, -0.1) is 0 Å². The molecule has 30 heavy (non-hydrogen) atoms. The Morgan fingerprint density at radius 3 is 2.40 bits per heavy atom. The van der Waals surface area contributed by atoms with E-state index in [0.29, 0.717) is 42.5 Å². The van der Waals surface area contributed by atoms with Crippen LogP contribution >= 0.6 is 0 Å². The van der Waals surface area contributed by atoms with Crippen molar-refractivity contribution in [3.8, 4) is 11.5 Å². The molecule has 1 aliphatic rings. The summed E-state index contributed by atoms with van der Waals surface area (Å²) in [4.78, 5) is 7.59. The number of nitrogens with zero attached hydrogens (tertiary/aromatic N) is 2. The maximum atomic E-state index is 14.1. The summed E-state index contributed by atoms with van der Waals surface area (Å²) in [6, 6.07) is 6.75. The highest BCUT2D eigenvalue weighted by Gasteiger charge is 2.31. The molecule has 2 aromatic carbocycles. The number of aromatic nitrogens is 2. The van der Waals surface area contributed by atoms with Crippen LogP contribution in [0.4, 0.5) is 45.1 Å². The molecule has 0 atom stereocenters. The van der Waals surface area contributed by atoms with E-state index in [1.165, 1.54) is 0 Å². The van der Waals surface area contributed by atoms with Gasteiger partial charge in [0, 0.05) is 17.4 Å². The molecule has 1 aliphatic heterocycles. The van der Waals surface area contributed by atoms with Crippen LogP contribution in [0.1, 0.15) is 5.56 Å². The van der Waals surface area contributed by atoms with Crippen molar-refractivity contribution in [2.75, 3.05) is 23.8 Å². The average molecular weight is 424 g/mol. The van der Waals surface area contributed by atoms with E-state index in [4.69, 9.17) is 9.47 Å². The Morgan fingerprint density at radius 2 is 1.63 bits per heavy atom. The molecule has 11 heteroatoms. The minimum Gasteiger partial charge on any atom is -0.486 e. The number of benzene rings is 2. The van der Waals surface area contributed by atoms with Crippen LogP contribution in [-0.2, 0) is 6.18 Å². The van der Waals surface area contributed by atoms with Crippen LogP contribution in [0, 0.1) is 11.6 Å². The van der Waals surface area contributed by atoms with Gasteiger partial charge < -0.3 is 20.1 Å². The van der Waals surface area contributed by atoms with Gasteiger partial charge in [-0.3, -0.25) is 0 Å². The molecular formula is C19H13F5N4O2. The number of hydrogen-bond donors (Lipinski definition) is 2. The fraction of sp³-hybridized carbons (Fsp3) is 0.158. The van der Waals surface area contributed by atoms with Crippen molar-refractivity contribution in [1.82, 2.24) is 9.97 Å². The third-order valence-corrected chi connectivity index (χ3v) is 4.03. The average Bonchev–Trinajstić information content (AvgIpc) is 2.69. The maximum Gasteiger partial charge on any atom is 0.416 e. The van der Waals surface area contributed by atoms with Gasteiger partial charge in [0.05, 0.1) is 11.8 Å². The van der Waals surface area contributed by atoms with Crippen molar-refractivity contribution in [3.05, 3.63) is 59.8 Å². The number of rotatable bonds is 4. The first-order valence-electron chi connectivity index (χ1n) is 8.62. The SMILES string of the molecule is Fc1cc(Nc2ncc(F)c(Nc3ccc4c(c3)OCCO4)n2)cc(C(F)(F)F)c1. The summed E-state index contributed by atoms with van der Waals surface area (Å²) in [6.07, 6.45) is -3.90. The Balaban J connectivity index is 1.58. The Hall–Kier alpha value is -3.63. The summed E-state index contributed by atoms with van der Waals surface area (Å²) < 4.78 is 77.1. The third-order valence-electron chi connectivity index (χ3n) is 4.03. The van der Waals surface area contributed by atoms with E-state index in [-0.39, 0.29) is 17.5 Å². The second-order valence-electron chi connectivity index (χ2n) is 6.22. The van der Waals surface area contributed by atoms with Gasteiger partial charge >= 0.3 is 6.18 Å².